The summed E-state index contributed by atoms with van der Waals surface area (Å²) in [6.45, 7) is 2.09. The van der Waals surface area contributed by atoms with Crippen molar-refractivity contribution in [2.45, 2.75) is 19.4 Å². The number of carbonyl (C=O) groups is 1. The van der Waals surface area contributed by atoms with Crippen molar-refractivity contribution in [2.75, 3.05) is 26.2 Å². The Labute approximate surface area is 222 Å². The van der Waals surface area contributed by atoms with Crippen molar-refractivity contribution < 1.29 is 23.4 Å². The fourth-order valence-corrected chi connectivity index (χ4v) is 6.03. The van der Waals surface area contributed by atoms with Gasteiger partial charge in [0.25, 0.3) is 5.91 Å². The number of ether oxygens (including phenoxy) is 3. The highest BCUT2D eigenvalue weighted by Gasteiger charge is 2.45. The number of nitrogens with zero attached hydrogens (tertiary/aromatic N) is 2. The van der Waals surface area contributed by atoms with Crippen molar-refractivity contribution in [3.05, 3.63) is 87.3 Å². The highest BCUT2D eigenvalue weighted by molar-refractivity contribution is 7.22. The largest absolute Gasteiger partial charge is 0.493 e. The van der Waals surface area contributed by atoms with Gasteiger partial charge in [-0.1, -0.05) is 36.5 Å². The predicted molar refractivity (Wildman–Crippen MR) is 146 cm³/mol. The van der Waals surface area contributed by atoms with Gasteiger partial charge < -0.3 is 18.6 Å². The van der Waals surface area contributed by atoms with Crippen LogP contribution in [0, 0.1) is 0 Å². The summed E-state index contributed by atoms with van der Waals surface area (Å²) in [5.74, 6) is 0.791. The van der Waals surface area contributed by atoms with Gasteiger partial charge in [-0.2, -0.15) is 0 Å². The third kappa shape index (κ3) is 3.53. The molecule has 0 saturated carbocycles. The lowest BCUT2D eigenvalue weighted by atomic mass is 9.98. The minimum atomic E-state index is -0.821. The number of hydrogen-bond donors (Lipinski definition) is 0. The van der Waals surface area contributed by atoms with E-state index in [1.165, 1.54) is 43.1 Å². The maximum absolute atomic E-state index is 14.0. The molecule has 1 amide bonds. The van der Waals surface area contributed by atoms with Crippen molar-refractivity contribution in [3.63, 3.8) is 0 Å². The molecule has 192 valence electrons. The van der Waals surface area contributed by atoms with Crippen molar-refractivity contribution in [1.82, 2.24) is 4.98 Å². The SMILES string of the molecule is CCc1ccc2nc(N3C(=O)c4oc5ccccc5c(=O)c4C3c3cc(OC)c(OC)c(OC)c3)sc2c1. The molecule has 3 heterocycles. The second-order valence-electron chi connectivity index (χ2n) is 8.86. The number of aryl methyl sites for hydroxylation is 1. The standard InChI is InChI=1S/C29H24N2O6S/c1-5-15-10-11-18-22(12-15)38-29(30-18)31-24(16-13-20(34-2)26(36-4)21(14-16)35-3)23-25(32)17-8-6-7-9-19(17)37-27(23)28(31)33/h6-14,24H,5H2,1-4H3. The summed E-state index contributed by atoms with van der Waals surface area (Å²) >= 11 is 1.40. The molecule has 2 aromatic heterocycles. The molecule has 3 aromatic carbocycles. The predicted octanol–water partition coefficient (Wildman–Crippen LogP) is 5.74. The van der Waals surface area contributed by atoms with Crippen molar-refractivity contribution in [3.8, 4) is 17.2 Å². The van der Waals surface area contributed by atoms with E-state index in [0.717, 1.165) is 16.6 Å². The Morgan fingerprint density at radius 1 is 0.974 bits per heavy atom. The van der Waals surface area contributed by atoms with Gasteiger partial charge in [0.2, 0.25) is 11.5 Å². The highest BCUT2D eigenvalue weighted by Crippen LogP contribution is 2.47. The lowest BCUT2D eigenvalue weighted by molar-refractivity contribution is 0.0971. The molecule has 0 N–H and O–H groups in total. The van der Waals surface area contributed by atoms with Crippen molar-refractivity contribution >= 4 is 43.6 Å². The Kier molecular flexibility index (Phi) is 5.80. The molecule has 6 rings (SSSR count). The molecule has 0 saturated heterocycles. The van der Waals surface area contributed by atoms with Crippen LogP contribution < -0.4 is 24.5 Å². The Morgan fingerprint density at radius 2 is 1.71 bits per heavy atom. The molecule has 1 aliphatic rings. The van der Waals surface area contributed by atoms with Gasteiger partial charge in [-0.25, -0.2) is 4.98 Å². The van der Waals surface area contributed by atoms with Crippen LogP contribution in [-0.2, 0) is 6.42 Å². The van der Waals surface area contributed by atoms with E-state index in [1.54, 1.807) is 36.4 Å². The van der Waals surface area contributed by atoms with Gasteiger partial charge in [0, 0.05) is 0 Å². The second-order valence-corrected chi connectivity index (χ2v) is 9.87. The summed E-state index contributed by atoms with van der Waals surface area (Å²) in [4.78, 5) is 34.2. The molecule has 1 aliphatic heterocycles. The van der Waals surface area contributed by atoms with Gasteiger partial charge in [0.05, 0.1) is 48.5 Å². The first-order chi connectivity index (χ1) is 18.5. The van der Waals surface area contributed by atoms with Crippen LogP contribution in [0.5, 0.6) is 17.2 Å². The smallest absolute Gasteiger partial charge is 0.297 e. The molecule has 0 bridgehead atoms. The average molecular weight is 529 g/mol. The van der Waals surface area contributed by atoms with Gasteiger partial charge in [0.1, 0.15) is 5.58 Å². The number of para-hydroxylation sites is 1. The van der Waals surface area contributed by atoms with Gasteiger partial charge in [-0.15, -0.1) is 0 Å². The van der Waals surface area contributed by atoms with Crippen LogP contribution in [0.3, 0.4) is 0 Å². The zero-order valence-electron chi connectivity index (χ0n) is 21.2. The number of benzene rings is 3. The number of methoxy groups -OCH3 is 3. The number of rotatable bonds is 6. The zero-order chi connectivity index (χ0) is 26.6. The number of anilines is 1. The minimum absolute atomic E-state index is 0.000884. The van der Waals surface area contributed by atoms with Crippen LogP contribution in [0.25, 0.3) is 21.2 Å². The number of hydrogen-bond acceptors (Lipinski definition) is 8. The molecule has 9 heteroatoms. The van der Waals surface area contributed by atoms with E-state index in [9.17, 15) is 9.59 Å². The third-order valence-corrected chi connectivity index (χ3v) is 7.85. The summed E-state index contributed by atoms with van der Waals surface area (Å²) in [5, 5.41) is 0.863. The fraction of sp³-hybridized carbons (Fsp3) is 0.207. The van der Waals surface area contributed by atoms with E-state index in [4.69, 9.17) is 23.6 Å². The Hall–Kier alpha value is -4.37. The number of aromatic nitrogens is 1. The van der Waals surface area contributed by atoms with E-state index in [1.807, 2.05) is 12.1 Å². The Balaban J connectivity index is 1.64. The van der Waals surface area contributed by atoms with E-state index in [-0.39, 0.29) is 16.8 Å². The van der Waals surface area contributed by atoms with Crippen LogP contribution in [0.2, 0.25) is 0 Å². The van der Waals surface area contributed by atoms with Crippen LogP contribution >= 0.6 is 11.3 Å². The van der Waals surface area contributed by atoms with E-state index < -0.39 is 11.9 Å². The number of carbonyl (C=O) groups excluding carboxylic acids is 1. The van der Waals surface area contributed by atoms with Crippen molar-refractivity contribution in [1.29, 1.82) is 0 Å². The lowest BCUT2D eigenvalue weighted by Gasteiger charge is -2.24. The Morgan fingerprint density at radius 3 is 2.39 bits per heavy atom. The number of amides is 1. The van der Waals surface area contributed by atoms with E-state index in [0.29, 0.717) is 38.9 Å². The molecule has 0 radical (unpaired) electrons. The third-order valence-electron chi connectivity index (χ3n) is 6.84. The van der Waals surface area contributed by atoms with Crippen LogP contribution in [-0.4, -0.2) is 32.2 Å². The molecule has 38 heavy (non-hydrogen) atoms. The molecule has 0 spiro atoms. The van der Waals surface area contributed by atoms with Gasteiger partial charge >= 0.3 is 0 Å². The number of thiazole rings is 1. The van der Waals surface area contributed by atoms with E-state index >= 15 is 0 Å². The highest BCUT2D eigenvalue weighted by atomic mass is 32.1. The zero-order valence-corrected chi connectivity index (χ0v) is 22.0. The second kappa shape index (κ2) is 9.18. The van der Waals surface area contributed by atoms with Gasteiger partial charge in [0.15, 0.2) is 22.1 Å². The van der Waals surface area contributed by atoms with Gasteiger partial charge in [-0.05, 0) is 53.9 Å². The lowest BCUT2D eigenvalue weighted by Crippen LogP contribution is -2.29. The monoisotopic (exact) mass is 528 g/mol. The molecule has 1 atom stereocenters. The first-order valence-corrected chi connectivity index (χ1v) is 12.9. The fourth-order valence-electron chi connectivity index (χ4n) is 4.97. The van der Waals surface area contributed by atoms with Gasteiger partial charge in [-0.3, -0.25) is 14.5 Å². The van der Waals surface area contributed by atoms with Crippen LogP contribution in [0.4, 0.5) is 5.13 Å². The molecule has 1 unspecified atom stereocenters. The molecule has 5 aromatic rings. The molecular weight excluding hydrogens is 504 g/mol. The summed E-state index contributed by atoms with van der Waals surface area (Å²) < 4.78 is 23.7. The average Bonchev–Trinajstić information content (AvgIpc) is 3.50. The maximum atomic E-state index is 14.0. The summed E-state index contributed by atoms with van der Waals surface area (Å²) in [7, 11) is 4.56. The molecule has 0 aliphatic carbocycles. The minimum Gasteiger partial charge on any atom is -0.493 e. The first-order valence-electron chi connectivity index (χ1n) is 12.1. The van der Waals surface area contributed by atoms with Crippen LogP contribution in [0.1, 0.15) is 40.2 Å². The molecular formula is C29H24N2O6S. The summed E-state index contributed by atoms with van der Waals surface area (Å²) in [5.41, 5.74) is 2.88. The summed E-state index contributed by atoms with van der Waals surface area (Å²) in [6.07, 6.45) is 0.885. The Bertz CT molecular complexity index is 1760. The first kappa shape index (κ1) is 24.0. The normalized spacial score (nSPS) is 14.8. The summed E-state index contributed by atoms with van der Waals surface area (Å²) in [6, 6.07) is 15.7. The maximum Gasteiger partial charge on any atom is 0.297 e. The van der Waals surface area contributed by atoms with Crippen molar-refractivity contribution in [2.24, 2.45) is 0 Å². The molecule has 8 nitrogen and oxygen atoms in total. The topological polar surface area (TPSA) is 91.1 Å². The quantitative estimate of drug-likeness (QED) is 0.278. The number of fused-ring (bicyclic) bond motifs is 3. The molecule has 0 fully saturated rings. The van der Waals surface area contributed by atoms with E-state index in [2.05, 4.69) is 13.0 Å². The van der Waals surface area contributed by atoms with Crippen LogP contribution in [0.15, 0.2) is 63.8 Å².